The highest BCUT2D eigenvalue weighted by Crippen LogP contribution is 2.36. The summed E-state index contributed by atoms with van der Waals surface area (Å²) in [7, 11) is 1.81. The van der Waals surface area contributed by atoms with Crippen LogP contribution in [0.3, 0.4) is 0 Å². The number of likely N-dealkylation sites (N-methyl/N-ethyl adjacent to an activating group) is 1. The average molecular weight is 249 g/mol. The van der Waals surface area contributed by atoms with Crippen LogP contribution < -0.4 is 11.1 Å². The van der Waals surface area contributed by atoms with Crippen molar-refractivity contribution < 1.29 is 4.74 Å². The van der Waals surface area contributed by atoms with Crippen molar-refractivity contribution in [3.8, 4) is 0 Å². The minimum Gasteiger partial charge on any atom is -0.384 e. The molecule has 1 saturated carbocycles. The molecule has 100 valence electrons. The van der Waals surface area contributed by atoms with Crippen molar-refractivity contribution in [1.29, 1.82) is 0 Å². The topological polar surface area (TPSA) is 60.2 Å². The molecule has 1 aromatic rings. The Hall–Kier alpha value is -1.13. The third-order valence-electron chi connectivity index (χ3n) is 3.52. The van der Waals surface area contributed by atoms with Crippen molar-refractivity contribution >= 4 is 5.82 Å². The van der Waals surface area contributed by atoms with Crippen molar-refractivity contribution in [3.05, 3.63) is 23.9 Å². The highest BCUT2D eigenvalue weighted by molar-refractivity contribution is 5.32. The maximum Gasteiger partial charge on any atom is 0.123 e. The smallest absolute Gasteiger partial charge is 0.123 e. The van der Waals surface area contributed by atoms with Crippen molar-refractivity contribution in [2.75, 3.05) is 19.4 Å². The summed E-state index contributed by atoms with van der Waals surface area (Å²) >= 11 is 0. The number of pyridine rings is 1. The molecule has 0 aromatic carbocycles. The Morgan fingerprint density at radius 2 is 2.33 bits per heavy atom. The first kappa shape index (κ1) is 13.3. The molecule has 3 N–H and O–H groups in total. The summed E-state index contributed by atoms with van der Waals surface area (Å²) in [6.45, 7) is 3.09. The number of anilines is 1. The zero-order valence-corrected chi connectivity index (χ0v) is 11.2. The van der Waals surface area contributed by atoms with Crippen molar-refractivity contribution in [2.45, 2.75) is 38.3 Å². The monoisotopic (exact) mass is 249 g/mol. The van der Waals surface area contributed by atoms with Gasteiger partial charge < -0.3 is 15.8 Å². The van der Waals surface area contributed by atoms with Crippen LogP contribution in [0.25, 0.3) is 0 Å². The van der Waals surface area contributed by atoms with Gasteiger partial charge in [-0.3, -0.25) is 0 Å². The first-order chi connectivity index (χ1) is 8.74. The quantitative estimate of drug-likeness (QED) is 0.770. The van der Waals surface area contributed by atoms with E-state index in [0.717, 1.165) is 18.9 Å². The van der Waals surface area contributed by atoms with Crippen LogP contribution in [0.5, 0.6) is 0 Å². The zero-order valence-electron chi connectivity index (χ0n) is 11.2. The lowest BCUT2D eigenvalue weighted by Crippen LogP contribution is -2.43. The fourth-order valence-corrected chi connectivity index (χ4v) is 2.55. The van der Waals surface area contributed by atoms with Gasteiger partial charge in [0.2, 0.25) is 0 Å². The van der Waals surface area contributed by atoms with Crippen LogP contribution in [0, 0.1) is 5.92 Å². The molecule has 1 aromatic heterocycles. The molecule has 0 bridgehead atoms. The Kier molecular flexibility index (Phi) is 4.55. The lowest BCUT2D eigenvalue weighted by molar-refractivity contribution is 0.0516. The highest BCUT2D eigenvalue weighted by atomic mass is 16.5. The molecule has 2 atom stereocenters. The van der Waals surface area contributed by atoms with Crippen LogP contribution >= 0.6 is 0 Å². The number of nitrogen functional groups attached to an aromatic ring is 1. The second kappa shape index (κ2) is 6.16. The summed E-state index contributed by atoms with van der Waals surface area (Å²) in [6.07, 6.45) is 5.60. The van der Waals surface area contributed by atoms with E-state index in [-0.39, 0.29) is 0 Å². The van der Waals surface area contributed by atoms with Crippen molar-refractivity contribution in [3.63, 3.8) is 0 Å². The van der Waals surface area contributed by atoms with Crippen LogP contribution in [0.1, 0.15) is 25.3 Å². The van der Waals surface area contributed by atoms with Gasteiger partial charge in [-0.25, -0.2) is 4.98 Å². The Morgan fingerprint density at radius 1 is 1.56 bits per heavy atom. The number of ether oxygens (including phenoxy) is 1. The van der Waals surface area contributed by atoms with Crippen LogP contribution in [0.15, 0.2) is 18.3 Å². The highest BCUT2D eigenvalue weighted by Gasteiger charge is 2.36. The molecule has 2 unspecified atom stereocenters. The lowest BCUT2D eigenvalue weighted by Gasteiger charge is -2.27. The van der Waals surface area contributed by atoms with Gasteiger partial charge in [-0.15, -0.1) is 0 Å². The van der Waals surface area contributed by atoms with Gasteiger partial charge >= 0.3 is 0 Å². The molecular formula is C14H23N3O. The molecule has 0 aliphatic heterocycles. The second-order valence-electron chi connectivity index (χ2n) is 4.99. The molecule has 4 nitrogen and oxygen atoms in total. The number of nitrogens with two attached hydrogens (primary N) is 1. The van der Waals surface area contributed by atoms with Crippen LogP contribution in [0.4, 0.5) is 5.82 Å². The van der Waals surface area contributed by atoms with Gasteiger partial charge in [0.15, 0.2) is 0 Å². The van der Waals surface area contributed by atoms with Gasteiger partial charge in [0.1, 0.15) is 5.82 Å². The van der Waals surface area contributed by atoms with Crippen molar-refractivity contribution in [2.24, 2.45) is 5.92 Å². The third-order valence-corrected chi connectivity index (χ3v) is 3.52. The van der Waals surface area contributed by atoms with E-state index in [1.165, 1.54) is 18.4 Å². The standard InChI is InChI=1S/C14H23N3O/c1-3-16-12(14(18-2)11-4-5-11)8-10-6-7-17-13(15)9-10/h6-7,9,11-12,14,16H,3-5,8H2,1-2H3,(H2,15,17). The molecule has 0 saturated heterocycles. The Morgan fingerprint density at radius 3 is 2.89 bits per heavy atom. The lowest BCUT2D eigenvalue weighted by atomic mass is 9.98. The molecule has 4 heteroatoms. The number of nitrogens with one attached hydrogen (secondary N) is 1. The van der Waals surface area contributed by atoms with E-state index < -0.39 is 0 Å². The van der Waals surface area contributed by atoms with E-state index in [1.807, 2.05) is 19.2 Å². The molecule has 1 fully saturated rings. The number of hydrogen-bond donors (Lipinski definition) is 2. The van der Waals surface area contributed by atoms with Crippen LogP contribution in [-0.4, -0.2) is 30.8 Å². The predicted octanol–water partition coefficient (Wildman–Crippen LogP) is 1.61. The molecule has 18 heavy (non-hydrogen) atoms. The summed E-state index contributed by atoms with van der Waals surface area (Å²) in [5, 5.41) is 3.54. The predicted molar refractivity (Wildman–Crippen MR) is 73.3 cm³/mol. The van der Waals surface area contributed by atoms with E-state index in [0.29, 0.717) is 18.0 Å². The van der Waals surface area contributed by atoms with Gasteiger partial charge in [0, 0.05) is 19.3 Å². The first-order valence-corrected chi connectivity index (χ1v) is 6.71. The van der Waals surface area contributed by atoms with E-state index >= 15 is 0 Å². The maximum absolute atomic E-state index is 5.73. The zero-order chi connectivity index (χ0) is 13.0. The number of nitrogens with zero attached hydrogens (tertiary/aromatic N) is 1. The molecule has 0 radical (unpaired) electrons. The summed E-state index contributed by atoms with van der Waals surface area (Å²) in [6, 6.07) is 4.33. The molecule has 0 amide bonds. The summed E-state index contributed by atoms with van der Waals surface area (Å²) in [5.74, 6) is 1.31. The largest absolute Gasteiger partial charge is 0.384 e. The van der Waals surface area contributed by atoms with E-state index in [2.05, 4.69) is 17.2 Å². The Balaban J connectivity index is 2.04. The first-order valence-electron chi connectivity index (χ1n) is 6.71. The molecular weight excluding hydrogens is 226 g/mol. The number of methoxy groups -OCH3 is 1. The SMILES string of the molecule is CCNC(Cc1ccnc(N)c1)C(OC)C1CC1. The fraction of sp³-hybridized carbons (Fsp3) is 0.643. The van der Waals surface area contributed by atoms with Gasteiger partial charge in [0.25, 0.3) is 0 Å². The molecule has 1 aliphatic rings. The Labute approximate surface area is 109 Å². The molecule has 0 spiro atoms. The van der Waals surface area contributed by atoms with Crippen LogP contribution in [0.2, 0.25) is 0 Å². The van der Waals surface area contributed by atoms with Gasteiger partial charge in [-0.05, 0) is 49.4 Å². The third kappa shape index (κ3) is 3.43. The van der Waals surface area contributed by atoms with E-state index in [4.69, 9.17) is 10.5 Å². The Bertz CT molecular complexity index is 379. The second-order valence-corrected chi connectivity index (χ2v) is 4.99. The molecule has 2 rings (SSSR count). The maximum atomic E-state index is 5.73. The average Bonchev–Trinajstić information content (AvgIpc) is 3.15. The minimum atomic E-state index is 0.305. The normalized spacial score (nSPS) is 18.6. The van der Waals surface area contributed by atoms with Gasteiger partial charge in [-0.1, -0.05) is 6.92 Å². The van der Waals surface area contributed by atoms with Gasteiger partial charge in [0.05, 0.1) is 6.10 Å². The van der Waals surface area contributed by atoms with Gasteiger partial charge in [-0.2, -0.15) is 0 Å². The molecule has 1 aliphatic carbocycles. The number of aromatic nitrogens is 1. The fourth-order valence-electron chi connectivity index (χ4n) is 2.55. The summed E-state index contributed by atoms with van der Waals surface area (Å²) in [4.78, 5) is 4.03. The van der Waals surface area contributed by atoms with E-state index in [9.17, 15) is 0 Å². The van der Waals surface area contributed by atoms with Crippen LogP contribution in [-0.2, 0) is 11.2 Å². The summed E-state index contributed by atoms with van der Waals surface area (Å²) < 4.78 is 5.68. The number of rotatable bonds is 7. The summed E-state index contributed by atoms with van der Waals surface area (Å²) in [5.41, 5.74) is 6.94. The molecule has 1 heterocycles. The van der Waals surface area contributed by atoms with Crippen molar-refractivity contribution in [1.82, 2.24) is 10.3 Å². The van der Waals surface area contributed by atoms with E-state index in [1.54, 1.807) is 6.20 Å². The minimum absolute atomic E-state index is 0.305. The number of hydrogen-bond acceptors (Lipinski definition) is 4.